The van der Waals surface area contributed by atoms with Gasteiger partial charge in [-0.25, -0.2) is 4.98 Å². The molecule has 6 heteroatoms. The van der Waals surface area contributed by atoms with Gasteiger partial charge in [-0.15, -0.1) is 0 Å². The van der Waals surface area contributed by atoms with E-state index < -0.39 is 11.7 Å². The molecular formula is C13H16F3N3. The highest BCUT2D eigenvalue weighted by molar-refractivity contribution is 5.77. The quantitative estimate of drug-likeness (QED) is 0.929. The number of rotatable bonds is 3. The van der Waals surface area contributed by atoms with Gasteiger partial charge >= 0.3 is 6.18 Å². The van der Waals surface area contributed by atoms with Gasteiger partial charge in [0.25, 0.3) is 0 Å². The van der Waals surface area contributed by atoms with Crippen LogP contribution >= 0.6 is 0 Å². The highest BCUT2D eigenvalue weighted by Gasteiger charge is 2.31. The third-order valence-electron chi connectivity index (χ3n) is 3.17. The highest BCUT2D eigenvalue weighted by atomic mass is 19.4. The Balaban J connectivity index is 2.51. The first kappa shape index (κ1) is 13.9. The molecule has 1 aromatic heterocycles. The van der Waals surface area contributed by atoms with E-state index in [1.807, 2.05) is 6.92 Å². The Morgan fingerprint density at radius 1 is 1.37 bits per heavy atom. The predicted octanol–water partition coefficient (Wildman–Crippen LogP) is 3.39. The summed E-state index contributed by atoms with van der Waals surface area (Å²) in [5.74, 6) is 0.621. The lowest BCUT2D eigenvalue weighted by Gasteiger charge is -2.09. The van der Waals surface area contributed by atoms with Gasteiger partial charge in [-0.3, -0.25) is 0 Å². The number of nitrogens with zero attached hydrogens (tertiary/aromatic N) is 2. The molecule has 0 bridgehead atoms. The minimum absolute atomic E-state index is 0.253. The van der Waals surface area contributed by atoms with Crippen LogP contribution in [0.15, 0.2) is 18.2 Å². The summed E-state index contributed by atoms with van der Waals surface area (Å²) in [6, 6.07) is 3.32. The van der Waals surface area contributed by atoms with E-state index >= 15 is 0 Å². The summed E-state index contributed by atoms with van der Waals surface area (Å²) in [7, 11) is 1.77. The van der Waals surface area contributed by atoms with E-state index in [1.54, 1.807) is 11.6 Å². The third kappa shape index (κ3) is 2.58. The number of hydrogen-bond acceptors (Lipinski definition) is 2. The second-order valence-corrected chi connectivity index (χ2v) is 4.63. The summed E-state index contributed by atoms with van der Waals surface area (Å²) in [5, 5.41) is 0. The molecule has 2 rings (SSSR count). The van der Waals surface area contributed by atoms with E-state index in [0.717, 1.165) is 25.0 Å². The minimum atomic E-state index is -4.35. The topological polar surface area (TPSA) is 43.8 Å². The molecule has 0 aliphatic rings. The largest absolute Gasteiger partial charge is 0.416 e. The van der Waals surface area contributed by atoms with Gasteiger partial charge in [0, 0.05) is 7.05 Å². The Morgan fingerprint density at radius 3 is 2.63 bits per heavy atom. The van der Waals surface area contributed by atoms with E-state index in [1.165, 1.54) is 6.07 Å². The standard InChI is InChI=1S/C13H16F3N3/c1-3-4-9(17)12-18-10-7-8(13(14,15)16)5-6-11(10)19(12)2/h5-7,9H,3-4,17H2,1-2H3. The molecule has 0 aliphatic carbocycles. The molecule has 0 spiro atoms. The van der Waals surface area contributed by atoms with E-state index in [4.69, 9.17) is 5.73 Å². The second-order valence-electron chi connectivity index (χ2n) is 4.63. The smallest absolute Gasteiger partial charge is 0.330 e. The molecule has 0 amide bonds. The van der Waals surface area contributed by atoms with Crippen molar-refractivity contribution in [2.45, 2.75) is 32.0 Å². The minimum Gasteiger partial charge on any atom is -0.330 e. The second kappa shape index (κ2) is 4.85. The molecule has 2 N–H and O–H groups in total. The van der Waals surface area contributed by atoms with E-state index in [9.17, 15) is 13.2 Å². The molecule has 0 aliphatic heterocycles. The van der Waals surface area contributed by atoms with Crippen LogP contribution in [0.3, 0.4) is 0 Å². The highest BCUT2D eigenvalue weighted by Crippen LogP contribution is 2.32. The average molecular weight is 271 g/mol. The third-order valence-corrected chi connectivity index (χ3v) is 3.17. The Labute approximate surface area is 109 Å². The van der Waals surface area contributed by atoms with Crippen molar-refractivity contribution in [3.63, 3.8) is 0 Å². The lowest BCUT2D eigenvalue weighted by atomic mass is 10.2. The number of halogens is 3. The van der Waals surface area contributed by atoms with Crippen LogP contribution in [0, 0.1) is 0 Å². The van der Waals surface area contributed by atoms with Gasteiger partial charge in [0.1, 0.15) is 5.82 Å². The molecule has 2 aromatic rings. The average Bonchev–Trinajstić information content (AvgIpc) is 2.66. The maximum absolute atomic E-state index is 12.6. The molecular weight excluding hydrogens is 255 g/mol. The summed E-state index contributed by atoms with van der Waals surface area (Å²) < 4.78 is 39.7. The number of aryl methyl sites for hydroxylation is 1. The fraction of sp³-hybridized carbons (Fsp3) is 0.462. The van der Waals surface area contributed by atoms with Gasteiger partial charge in [0.15, 0.2) is 0 Å². The van der Waals surface area contributed by atoms with Crippen molar-refractivity contribution in [2.75, 3.05) is 0 Å². The van der Waals surface area contributed by atoms with E-state index in [-0.39, 0.29) is 6.04 Å². The van der Waals surface area contributed by atoms with Gasteiger partial charge in [-0.1, -0.05) is 13.3 Å². The molecule has 1 aromatic carbocycles. The lowest BCUT2D eigenvalue weighted by Crippen LogP contribution is -2.14. The summed E-state index contributed by atoms with van der Waals surface area (Å²) in [4.78, 5) is 4.24. The first-order valence-corrected chi connectivity index (χ1v) is 6.13. The Bertz CT molecular complexity index is 587. The van der Waals surface area contributed by atoms with Crippen molar-refractivity contribution in [1.29, 1.82) is 0 Å². The van der Waals surface area contributed by atoms with Crippen molar-refractivity contribution in [2.24, 2.45) is 12.8 Å². The van der Waals surface area contributed by atoms with Crippen molar-refractivity contribution in [1.82, 2.24) is 9.55 Å². The van der Waals surface area contributed by atoms with Crippen molar-refractivity contribution >= 4 is 11.0 Å². The fourth-order valence-electron chi connectivity index (χ4n) is 2.17. The van der Waals surface area contributed by atoms with E-state index in [0.29, 0.717) is 16.9 Å². The molecule has 1 heterocycles. The number of alkyl halides is 3. The van der Waals surface area contributed by atoms with Crippen LogP contribution in [0.5, 0.6) is 0 Å². The van der Waals surface area contributed by atoms with Crippen LogP contribution in [-0.2, 0) is 13.2 Å². The normalized spacial score (nSPS) is 14.0. The molecule has 1 atom stereocenters. The summed E-state index contributed by atoms with van der Waals surface area (Å²) >= 11 is 0. The van der Waals surface area contributed by atoms with Crippen LogP contribution in [0.25, 0.3) is 11.0 Å². The first-order valence-electron chi connectivity index (χ1n) is 6.13. The maximum Gasteiger partial charge on any atom is 0.416 e. The Hall–Kier alpha value is -1.56. The molecule has 1 unspecified atom stereocenters. The number of benzene rings is 1. The van der Waals surface area contributed by atoms with Gasteiger partial charge in [0.2, 0.25) is 0 Å². The van der Waals surface area contributed by atoms with Crippen LogP contribution in [0.2, 0.25) is 0 Å². The Kier molecular flexibility index (Phi) is 3.54. The monoisotopic (exact) mass is 271 g/mol. The zero-order valence-electron chi connectivity index (χ0n) is 10.8. The van der Waals surface area contributed by atoms with Gasteiger partial charge in [-0.2, -0.15) is 13.2 Å². The summed E-state index contributed by atoms with van der Waals surface area (Å²) in [6.45, 7) is 2.00. The molecule has 3 nitrogen and oxygen atoms in total. The molecule has 0 saturated carbocycles. The number of fused-ring (bicyclic) bond motifs is 1. The van der Waals surface area contributed by atoms with Crippen molar-refractivity contribution < 1.29 is 13.2 Å². The Morgan fingerprint density at radius 2 is 2.05 bits per heavy atom. The number of imidazole rings is 1. The van der Waals surface area contributed by atoms with Crippen molar-refractivity contribution in [3.05, 3.63) is 29.6 Å². The summed E-state index contributed by atoms with van der Waals surface area (Å²) in [6.07, 6.45) is -2.70. The van der Waals surface area contributed by atoms with Gasteiger partial charge < -0.3 is 10.3 Å². The van der Waals surface area contributed by atoms with Crippen LogP contribution in [0.1, 0.15) is 37.2 Å². The number of aromatic nitrogens is 2. The molecule has 0 radical (unpaired) electrons. The molecule has 0 saturated heterocycles. The van der Waals surface area contributed by atoms with Gasteiger partial charge in [-0.05, 0) is 24.6 Å². The van der Waals surface area contributed by atoms with E-state index in [2.05, 4.69) is 4.98 Å². The molecule has 0 fully saturated rings. The summed E-state index contributed by atoms with van der Waals surface area (Å²) in [5.41, 5.74) is 6.30. The number of hydrogen-bond donors (Lipinski definition) is 1. The lowest BCUT2D eigenvalue weighted by molar-refractivity contribution is -0.137. The van der Waals surface area contributed by atoms with Crippen LogP contribution < -0.4 is 5.73 Å². The zero-order chi connectivity index (χ0) is 14.2. The molecule has 19 heavy (non-hydrogen) atoms. The predicted molar refractivity (Wildman–Crippen MR) is 67.6 cm³/mol. The fourth-order valence-corrected chi connectivity index (χ4v) is 2.17. The number of nitrogens with two attached hydrogens (primary N) is 1. The first-order chi connectivity index (χ1) is 8.84. The van der Waals surface area contributed by atoms with Crippen LogP contribution in [-0.4, -0.2) is 9.55 Å². The van der Waals surface area contributed by atoms with Gasteiger partial charge in [0.05, 0.1) is 22.6 Å². The SMILES string of the molecule is CCCC(N)c1nc2cc(C(F)(F)F)ccc2n1C. The maximum atomic E-state index is 12.6. The molecule has 104 valence electrons. The van der Waals surface area contributed by atoms with Crippen molar-refractivity contribution in [3.8, 4) is 0 Å². The van der Waals surface area contributed by atoms with Crippen LogP contribution in [0.4, 0.5) is 13.2 Å². The zero-order valence-corrected chi connectivity index (χ0v) is 10.8.